The summed E-state index contributed by atoms with van der Waals surface area (Å²) in [6.45, 7) is 0.727. The minimum atomic E-state index is -0.234. The van der Waals surface area contributed by atoms with Crippen molar-refractivity contribution in [3.05, 3.63) is 75.2 Å². The number of benzene rings is 1. The number of aromatic nitrogens is 4. The molecule has 0 aliphatic carbocycles. The highest BCUT2D eigenvalue weighted by molar-refractivity contribution is 6.29. The minimum absolute atomic E-state index is 0.234. The molecule has 0 fully saturated rings. The van der Waals surface area contributed by atoms with Crippen LogP contribution in [0.1, 0.15) is 36.3 Å². The molecule has 0 spiro atoms. The van der Waals surface area contributed by atoms with Crippen LogP contribution in [0.25, 0.3) is 5.69 Å². The summed E-state index contributed by atoms with van der Waals surface area (Å²) in [6.07, 6.45) is 1.92. The molecule has 7 nitrogen and oxygen atoms in total. The van der Waals surface area contributed by atoms with Gasteiger partial charge in [-0.25, -0.2) is 19.0 Å². The first-order chi connectivity index (χ1) is 13.7. The van der Waals surface area contributed by atoms with E-state index in [2.05, 4.69) is 16.2 Å². The number of hydrogen-bond acceptors (Lipinski definition) is 5. The van der Waals surface area contributed by atoms with Crippen molar-refractivity contribution in [1.82, 2.24) is 19.3 Å². The molecule has 0 unspecified atom stereocenters. The van der Waals surface area contributed by atoms with Crippen LogP contribution in [0.2, 0.25) is 5.15 Å². The van der Waals surface area contributed by atoms with E-state index in [1.807, 2.05) is 30.3 Å². The highest BCUT2D eigenvalue weighted by Gasteiger charge is 2.24. The number of rotatable bonds is 5. The van der Waals surface area contributed by atoms with Crippen LogP contribution in [0.5, 0.6) is 0 Å². The van der Waals surface area contributed by atoms with Crippen molar-refractivity contribution in [2.75, 3.05) is 0 Å². The predicted octanol–water partition coefficient (Wildman–Crippen LogP) is 3.13. The Labute approximate surface area is 166 Å². The molecule has 0 atom stereocenters. The third-order valence-electron chi connectivity index (χ3n) is 4.55. The number of aryl methyl sites for hydroxylation is 1. The summed E-state index contributed by atoms with van der Waals surface area (Å²) in [6, 6.07) is 15.2. The van der Waals surface area contributed by atoms with Gasteiger partial charge in [-0.05, 0) is 25.0 Å². The van der Waals surface area contributed by atoms with Crippen LogP contribution in [-0.4, -0.2) is 25.0 Å². The average molecular weight is 393 g/mol. The second kappa shape index (κ2) is 7.79. The predicted molar refractivity (Wildman–Crippen MR) is 106 cm³/mol. The molecule has 1 aliphatic heterocycles. The quantitative estimate of drug-likeness (QED) is 0.493. The summed E-state index contributed by atoms with van der Waals surface area (Å²) in [5, 5.41) is 13.5. The lowest BCUT2D eigenvalue weighted by molar-refractivity contribution is 0.540. The van der Waals surface area contributed by atoms with Crippen LogP contribution in [0, 0.1) is 11.3 Å². The van der Waals surface area contributed by atoms with Gasteiger partial charge < -0.3 is 0 Å². The topological polar surface area (TPSA) is 88.9 Å². The van der Waals surface area contributed by atoms with Gasteiger partial charge in [-0.15, -0.1) is 0 Å². The van der Waals surface area contributed by atoms with Crippen molar-refractivity contribution in [3.63, 3.8) is 0 Å². The molecule has 0 amide bonds. The van der Waals surface area contributed by atoms with E-state index < -0.39 is 0 Å². The maximum absolute atomic E-state index is 13.0. The van der Waals surface area contributed by atoms with Crippen LogP contribution in [-0.2, 0) is 13.1 Å². The van der Waals surface area contributed by atoms with E-state index in [-0.39, 0.29) is 12.2 Å². The lowest BCUT2D eigenvalue weighted by atomic mass is 10.1. The van der Waals surface area contributed by atoms with Crippen LogP contribution >= 0.6 is 11.6 Å². The Hall–Kier alpha value is -3.24. The average Bonchev–Trinajstić information content (AvgIpc) is 2.92. The van der Waals surface area contributed by atoms with Gasteiger partial charge in [-0.2, -0.15) is 10.4 Å². The highest BCUT2D eigenvalue weighted by Crippen LogP contribution is 2.23. The molecule has 0 N–H and O–H groups in total. The van der Waals surface area contributed by atoms with Gasteiger partial charge in [0.2, 0.25) is 0 Å². The lowest BCUT2D eigenvalue weighted by Crippen LogP contribution is -2.25. The van der Waals surface area contributed by atoms with Crippen molar-refractivity contribution in [2.45, 2.75) is 32.4 Å². The van der Waals surface area contributed by atoms with Crippen LogP contribution < -0.4 is 5.69 Å². The molecule has 0 bridgehead atoms. The Bertz CT molecular complexity index is 1140. The Morgan fingerprint density at radius 3 is 2.75 bits per heavy atom. The zero-order valence-corrected chi connectivity index (χ0v) is 15.8. The molecule has 1 aliphatic rings. The molecular formula is C20H17ClN6O. The highest BCUT2D eigenvalue weighted by atomic mass is 35.5. The van der Waals surface area contributed by atoms with E-state index in [1.54, 1.807) is 16.7 Å². The van der Waals surface area contributed by atoms with Gasteiger partial charge in [0.05, 0.1) is 17.5 Å². The monoisotopic (exact) mass is 392 g/mol. The lowest BCUT2D eigenvalue weighted by Gasteiger charge is -2.10. The number of fused-ring (bicyclic) bond motifs is 3. The number of nitrogens with zero attached hydrogens (tertiary/aromatic N) is 6. The van der Waals surface area contributed by atoms with Gasteiger partial charge in [0.1, 0.15) is 17.4 Å². The number of unbranched alkanes of at least 4 members (excludes halogenated alkanes) is 2. The first-order valence-electron chi connectivity index (χ1n) is 9.02. The van der Waals surface area contributed by atoms with E-state index in [4.69, 9.17) is 21.9 Å². The first kappa shape index (κ1) is 18.1. The fraction of sp³-hybridized carbons (Fsp3) is 0.250. The number of hydrogen-bond donors (Lipinski definition) is 0. The van der Waals surface area contributed by atoms with Crippen molar-refractivity contribution < 1.29 is 0 Å². The standard InChI is InChI=1S/C20H17ClN6O/c21-16-10-9-15-19(24-16)18(14-7-3-1-4-8-14)23-13-17-25-26(20(28)27(15)17)12-6-2-5-11-22/h1,3-4,7-10H,2,5-6,12-13H2. The molecule has 4 rings (SSSR count). The molecule has 0 saturated carbocycles. The summed E-state index contributed by atoms with van der Waals surface area (Å²) in [5.41, 5.74) is 2.53. The Kier molecular flexibility index (Phi) is 5.04. The first-order valence-corrected chi connectivity index (χ1v) is 9.39. The summed E-state index contributed by atoms with van der Waals surface area (Å²) in [5.74, 6) is 0.557. The number of nitriles is 1. The summed E-state index contributed by atoms with van der Waals surface area (Å²) in [7, 11) is 0. The van der Waals surface area contributed by atoms with Gasteiger partial charge in [0, 0.05) is 18.5 Å². The number of halogens is 1. The summed E-state index contributed by atoms with van der Waals surface area (Å²) >= 11 is 6.15. The molecule has 28 heavy (non-hydrogen) atoms. The van der Waals surface area contributed by atoms with E-state index in [1.165, 1.54) is 4.68 Å². The minimum Gasteiger partial charge on any atom is -0.274 e. The van der Waals surface area contributed by atoms with Gasteiger partial charge in [-0.1, -0.05) is 41.9 Å². The van der Waals surface area contributed by atoms with Gasteiger partial charge >= 0.3 is 5.69 Å². The van der Waals surface area contributed by atoms with E-state index >= 15 is 0 Å². The normalized spacial score (nSPS) is 12.5. The zero-order valence-electron chi connectivity index (χ0n) is 15.0. The zero-order chi connectivity index (χ0) is 19.5. The molecule has 0 radical (unpaired) electrons. The van der Waals surface area contributed by atoms with Crippen molar-refractivity contribution >= 4 is 17.3 Å². The maximum Gasteiger partial charge on any atom is 0.350 e. The Morgan fingerprint density at radius 2 is 1.96 bits per heavy atom. The molecule has 0 saturated heterocycles. The third-order valence-corrected chi connectivity index (χ3v) is 4.76. The molecule has 2 aromatic heterocycles. The number of aliphatic imine (C=N–C) groups is 1. The van der Waals surface area contributed by atoms with E-state index in [0.717, 1.165) is 12.0 Å². The van der Waals surface area contributed by atoms with Crippen molar-refractivity contribution in [1.29, 1.82) is 5.26 Å². The van der Waals surface area contributed by atoms with Crippen LogP contribution in [0.4, 0.5) is 0 Å². The molecule has 8 heteroatoms. The smallest absolute Gasteiger partial charge is 0.274 e. The second-order valence-corrected chi connectivity index (χ2v) is 6.79. The number of pyridine rings is 1. The summed E-state index contributed by atoms with van der Waals surface area (Å²) in [4.78, 5) is 22.2. The second-order valence-electron chi connectivity index (χ2n) is 6.41. The maximum atomic E-state index is 13.0. The third kappa shape index (κ3) is 3.35. The van der Waals surface area contributed by atoms with Crippen LogP contribution in [0.15, 0.2) is 52.3 Å². The fourth-order valence-electron chi connectivity index (χ4n) is 3.24. The molecular weight excluding hydrogens is 376 g/mol. The van der Waals surface area contributed by atoms with Crippen molar-refractivity contribution in [3.8, 4) is 11.8 Å². The van der Waals surface area contributed by atoms with E-state index in [0.29, 0.717) is 47.5 Å². The van der Waals surface area contributed by atoms with Gasteiger partial charge in [0.15, 0.2) is 5.82 Å². The van der Waals surface area contributed by atoms with Gasteiger partial charge in [0.25, 0.3) is 0 Å². The molecule has 1 aromatic carbocycles. The molecule has 3 heterocycles. The summed E-state index contributed by atoms with van der Waals surface area (Å²) < 4.78 is 3.00. The van der Waals surface area contributed by atoms with Crippen LogP contribution in [0.3, 0.4) is 0 Å². The molecule has 3 aromatic rings. The fourth-order valence-corrected chi connectivity index (χ4v) is 3.39. The SMILES string of the molecule is N#CCCCCn1nc2n(c1=O)-c1ccc(Cl)nc1C(c1ccccc1)=NC2. The van der Waals surface area contributed by atoms with E-state index in [9.17, 15) is 4.79 Å². The van der Waals surface area contributed by atoms with Gasteiger partial charge in [-0.3, -0.25) is 4.99 Å². The Morgan fingerprint density at radius 1 is 1.14 bits per heavy atom. The Balaban J connectivity index is 1.80. The van der Waals surface area contributed by atoms with Crippen molar-refractivity contribution in [2.24, 2.45) is 4.99 Å². The molecule has 140 valence electrons. The largest absolute Gasteiger partial charge is 0.350 e.